The third-order valence-corrected chi connectivity index (χ3v) is 2.14. The van der Waals surface area contributed by atoms with E-state index >= 15 is 0 Å². The van der Waals surface area contributed by atoms with Gasteiger partial charge in [-0.05, 0) is 12.1 Å². The van der Waals surface area contributed by atoms with Crippen LogP contribution in [0, 0.1) is 10.1 Å². The van der Waals surface area contributed by atoms with Crippen LogP contribution in [0.5, 0.6) is 0 Å². The van der Waals surface area contributed by atoms with Gasteiger partial charge in [0, 0.05) is 28.2 Å². The summed E-state index contributed by atoms with van der Waals surface area (Å²) in [7, 11) is 7.17. The van der Waals surface area contributed by atoms with Gasteiger partial charge in [0.05, 0.1) is 4.92 Å². The van der Waals surface area contributed by atoms with Gasteiger partial charge in [0.1, 0.15) is 11.4 Å². The summed E-state index contributed by atoms with van der Waals surface area (Å²) in [5.41, 5.74) is 1.38. The van der Waals surface area contributed by atoms with Gasteiger partial charge >= 0.3 is 5.69 Å². The highest BCUT2D eigenvalue weighted by Crippen LogP contribution is 2.35. The van der Waals surface area contributed by atoms with Gasteiger partial charge in [0.15, 0.2) is 0 Å². The van der Waals surface area contributed by atoms with E-state index in [9.17, 15) is 10.1 Å². The second-order valence-corrected chi connectivity index (χ2v) is 3.69. The quantitative estimate of drug-likeness (QED) is 0.562. The number of anilines is 2. The van der Waals surface area contributed by atoms with Gasteiger partial charge < -0.3 is 9.80 Å². The predicted molar refractivity (Wildman–Crippen MR) is 61.8 cm³/mol. The molecule has 0 spiro atoms. The standard InChI is InChI=1S/C10H15N3O2/c1-11(2)8-6-5-7-9(12(3)4)10(8)13(14)15/h5-7H,1-4H3. The van der Waals surface area contributed by atoms with Crippen molar-refractivity contribution in [3.8, 4) is 0 Å². The Morgan fingerprint density at radius 2 is 1.47 bits per heavy atom. The Hall–Kier alpha value is -1.78. The predicted octanol–water partition coefficient (Wildman–Crippen LogP) is 1.73. The molecule has 0 bridgehead atoms. The fourth-order valence-corrected chi connectivity index (χ4v) is 1.43. The number of benzene rings is 1. The maximum absolute atomic E-state index is 11.0. The maximum Gasteiger partial charge on any atom is 0.315 e. The Morgan fingerprint density at radius 3 is 1.73 bits per heavy atom. The van der Waals surface area contributed by atoms with Crippen LogP contribution in [-0.2, 0) is 0 Å². The normalized spacial score (nSPS) is 9.87. The Balaban J connectivity index is 3.42. The SMILES string of the molecule is CN(C)c1cccc(N(C)C)c1[N+](=O)[O-]. The molecule has 0 aliphatic carbocycles. The monoisotopic (exact) mass is 209 g/mol. The number of para-hydroxylation sites is 1. The van der Waals surface area contributed by atoms with Crippen LogP contribution in [0.1, 0.15) is 0 Å². The average molecular weight is 209 g/mol. The molecule has 0 atom stereocenters. The molecule has 0 saturated heterocycles. The molecule has 5 heteroatoms. The van der Waals surface area contributed by atoms with Crippen molar-refractivity contribution in [1.82, 2.24) is 0 Å². The molecule has 1 rings (SSSR count). The second-order valence-electron chi connectivity index (χ2n) is 3.69. The highest BCUT2D eigenvalue weighted by Gasteiger charge is 2.21. The molecule has 0 amide bonds. The lowest BCUT2D eigenvalue weighted by molar-refractivity contribution is -0.383. The summed E-state index contributed by atoms with van der Waals surface area (Å²) in [5, 5.41) is 11.0. The number of rotatable bonds is 3. The number of hydrogen-bond donors (Lipinski definition) is 0. The summed E-state index contributed by atoms with van der Waals surface area (Å²) in [6.45, 7) is 0. The van der Waals surface area contributed by atoms with E-state index in [-0.39, 0.29) is 10.6 Å². The number of nitro benzene ring substituents is 1. The molecule has 82 valence electrons. The number of hydrogen-bond acceptors (Lipinski definition) is 4. The van der Waals surface area contributed by atoms with Crippen molar-refractivity contribution in [2.75, 3.05) is 38.0 Å². The van der Waals surface area contributed by atoms with Crippen LogP contribution in [0.15, 0.2) is 18.2 Å². The van der Waals surface area contributed by atoms with Crippen LogP contribution in [0.2, 0.25) is 0 Å². The molecule has 0 aliphatic heterocycles. The van der Waals surface area contributed by atoms with E-state index in [0.717, 1.165) is 0 Å². The van der Waals surface area contributed by atoms with E-state index in [2.05, 4.69) is 0 Å². The van der Waals surface area contributed by atoms with Crippen LogP contribution in [0.25, 0.3) is 0 Å². The molecule has 0 aromatic heterocycles. The van der Waals surface area contributed by atoms with E-state index in [4.69, 9.17) is 0 Å². The van der Waals surface area contributed by atoms with Gasteiger partial charge in [-0.1, -0.05) is 6.07 Å². The van der Waals surface area contributed by atoms with Crippen molar-refractivity contribution in [1.29, 1.82) is 0 Å². The molecule has 0 unspecified atom stereocenters. The zero-order valence-electron chi connectivity index (χ0n) is 9.39. The topological polar surface area (TPSA) is 49.6 Å². The zero-order chi connectivity index (χ0) is 11.6. The van der Waals surface area contributed by atoms with Gasteiger partial charge in [-0.15, -0.1) is 0 Å². The fourth-order valence-electron chi connectivity index (χ4n) is 1.43. The highest BCUT2D eigenvalue weighted by atomic mass is 16.6. The molecular formula is C10H15N3O2. The fraction of sp³-hybridized carbons (Fsp3) is 0.400. The Kier molecular flexibility index (Phi) is 3.14. The molecule has 0 aliphatic rings. The summed E-state index contributed by atoms with van der Waals surface area (Å²) in [6.07, 6.45) is 0. The molecule has 5 nitrogen and oxygen atoms in total. The van der Waals surface area contributed by atoms with Crippen molar-refractivity contribution in [3.63, 3.8) is 0 Å². The Morgan fingerprint density at radius 1 is 1.07 bits per heavy atom. The lowest BCUT2D eigenvalue weighted by atomic mass is 10.2. The summed E-state index contributed by atoms with van der Waals surface area (Å²) < 4.78 is 0. The van der Waals surface area contributed by atoms with Crippen LogP contribution < -0.4 is 9.80 Å². The van der Waals surface area contributed by atoms with Crippen molar-refractivity contribution in [2.45, 2.75) is 0 Å². The van der Waals surface area contributed by atoms with E-state index in [0.29, 0.717) is 11.4 Å². The second kappa shape index (κ2) is 4.16. The highest BCUT2D eigenvalue weighted by molar-refractivity contribution is 5.77. The van der Waals surface area contributed by atoms with Gasteiger partial charge in [-0.3, -0.25) is 10.1 Å². The lowest BCUT2D eigenvalue weighted by Gasteiger charge is -2.18. The van der Waals surface area contributed by atoms with Crippen LogP contribution in [0.3, 0.4) is 0 Å². The van der Waals surface area contributed by atoms with Crippen LogP contribution in [-0.4, -0.2) is 33.1 Å². The molecule has 0 saturated carbocycles. The van der Waals surface area contributed by atoms with Crippen molar-refractivity contribution in [3.05, 3.63) is 28.3 Å². The number of nitrogens with zero attached hydrogens (tertiary/aromatic N) is 3. The molecule has 1 aromatic rings. The van der Waals surface area contributed by atoms with Gasteiger partial charge in [0.25, 0.3) is 0 Å². The van der Waals surface area contributed by atoms with Crippen LogP contribution >= 0.6 is 0 Å². The third kappa shape index (κ3) is 2.18. The smallest absolute Gasteiger partial charge is 0.315 e. The van der Waals surface area contributed by atoms with Gasteiger partial charge in [0.2, 0.25) is 0 Å². The van der Waals surface area contributed by atoms with E-state index in [1.165, 1.54) is 0 Å². The minimum atomic E-state index is -0.343. The molecule has 1 aromatic carbocycles. The molecule has 0 N–H and O–H groups in total. The first-order valence-corrected chi connectivity index (χ1v) is 4.57. The minimum absolute atomic E-state index is 0.146. The third-order valence-electron chi connectivity index (χ3n) is 2.14. The minimum Gasteiger partial charge on any atom is -0.372 e. The maximum atomic E-state index is 11.0. The molecule has 0 heterocycles. The molecule has 15 heavy (non-hydrogen) atoms. The van der Waals surface area contributed by atoms with E-state index in [1.54, 1.807) is 50.1 Å². The largest absolute Gasteiger partial charge is 0.372 e. The van der Waals surface area contributed by atoms with Crippen molar-refractivity contribution >= 4 is 17.1 Å². The van der Waals surface area contributed by atoms with E-state index < -0.39 is 0 Å². The van der Waals surface area contributed by atoms with Gasteiger partial charge in [-0.2, -0.15) is 0 Å². The van der Waals surface area contributed by atoms with Crippen molar-refractivity contribution in [2.24, 2.45) is 0 Å². The number of nitro groups is 1. The molecular weight excluding hydrogens is 194 g/mol. The van der Waals surface area contributed by atoms with Crippen molar-refractivity contribution < 1.29 is 4.92 Å². The summed E-state index contributed by atoms with van der Waals surface area (Å²) in [4.78, 5) is 14.1. The first-order chi connectivity index (χ1) is 6.95. The van der Waals surface area contributed by atoms with Gasteiger partial charge in [-0.25, -0.2) is 0 Å². The lowest BCUT2D eigenvalue weighted by Crippen LogP contribution is -2.15. The Labute approximate surface area is 89.1 Å². The average Bonchev–Trinajstić information content (AvgIpc) is 2.16. The molecule has 0 radical (unpaired) electrons. The summed E-state index contributed by atoms with van der Waals surface area (Å²) in [5.74, 6) is 0. The van der Waals surface area contributed by atoms with Crippen LogP contribution in [0.4, 0.5) is 17.1 Å². The summed E-state index contributed by atoms with van der Waals surface area (Å²) in [6, 6.07) is 5.30. The first kappa shape index (κ1) is 11.3. The first-order valence-electron chi connectivity index (χ1n) is 4.57. The molecule has 0 fully saturated rings. The Bertz CT molecular complexity index is 349. The zero-order valence-corrected chi connectivity index (χ0v) is 9.39. The van der Waals surface area contributed by atoms with E-state index in [1.807, 2.05) is 6.07 Å². The summed E-state index contributed by atoms with van der Waals surface area (Å²) >= 11 is 0.